The van der Waals surface area contributed by atoms with E-state index in [0.29, 0.717) is 0 Å². The van der Waals surface area contributed by atoms with Gasteiger partial charge in [0.2, 0.25) is 4.80 Å². The number of benzene rings is 1. The van der Waals surface area contributed by atoms with Crippen molar-refractivity contribution in [2.45, 2.75) is 0 Å². The standard InChI is InChI=1S/C8H9N3S.HNO2/c1-11-6-4-2-3-5-7(6)12-8(11)10-9;2-1-3/h2-5H,9H2,1H3;(H,2,3). The van der Waals surface area contributed by atoms with Gasteiger partial charge in [0, 0.05) is 7.05 Å². The summed E-state index contributed by atoms with van der Waals surface area (Å²) < 4.78 is 3.20. The zero-order valence-corrected chi connectivity index (χ0v) is 8.81. The van der Waals surface area contributed by atoms with Crippen LogP contribution in [-0.2, 0) is 7.05 Å². The predicted molar refractivity (Wildman–Crippen MR) is 58.1 cm³/mol. The van der Waals surface area contributed by atoms with Crippen LogP contribution in [0.25, 0.3) is 10.2 Å². The van der Waals surface area contributed by atoms with Crippen molar-refractivity contribution < 1.29 is 5.21 Å². The maximum atomic E-state index is 8.11. The number of aryl methyl sites for hydroxylation is 1. The van der Waals surface area contributed by atoms with Crippen LogP contribution < -0.4 is 10.6 Å². The monoisotopic (exact) mass is 226 g/mol. The lowest BCUT2D eigenvalue weighted by Crippen LogP contribution is -2.11. The van der Waals surface area contributed by atoms with E-state index in [2.05, 4.69) is 17.2 Å². The Hall–Kier alpha value is -1.89. The molecule has 0 bridgehead atoms. The SMILES string of the molecule is Cn1c(=NN)sc2ccccc21.O=NO. The lowest BCUT2D eigenvalue weighted by atomic mass is 10.3. The van der Waals surface area contributed by atoms with Crippen LogP contribution in [-0.4, -0.2) is 9.77 Å². The third-order valence-corrected chi connectivity index (χ3v) is 2.95. The van der Waals surface area contributed by atoms with E-state index in [1.54, 1.807) is 11.3 Å². The van der Waals surface area contributed by atoms with Gasteiger partial charge in [-0.15, -0.1) is 4.91 Å². The fraction of sp³-hybridized carbons (Fsp3) is 0.125. The van der Waals surface area contributed by atoms with Gasteiger partial charge in [-0.1, -0.05) is 23.5 Å². The first-order chi connectivity index (χ1) is 7.24. The maximum Gasteiger partial charge on any atom is 0.208 e. The Kier molecular flexibility index (Phi) is 3.81. The molecule has 0 aliphatic heterocycles. The molecule has 1 heterocycles. The van der Waals surface area contributed by atoms with Crippen molar-refractivity contribution in [3.05, 3.63) is 34.0 Å². The number of hydrogen-bond acceptors (Lipinski definition) is 5. The molecule has 0 unspecified atom stereocenters. The summed E-state index contributed by atoms with van der Waals surface area (Å²) in [6.45, 7) is 0. The third kappa shape index (κ3) is 2.32. The molecule has 0 fully saturated rings. The highest BCUT2D eigenvalue weighted by Gasteiger charge is 1.99. The van der Waals surface area contributed by atoms with Crippen molar-refractivity contribution in [1.29, 1.82) is 0 Å². The number of aromatic nitrogens is 1. The summed E-state index contributed by atoms with van der Waals surface area (Å²) in [7, 11) is 1.96. The molecule has 3 N–H and O–H groups in total. The highest BCUT2D eigenvalue weighted by molar-refractivity contribution is 7.16. The summed E-state index contributed by atoms with van der Waals surface area (Å²) in [5, 5.41) is 11.6. The van der Waals surface area contributed by atoms with Crippen molar-refractivity contribution >= 4 is 21.6 Å². The minimum Gasteiger partial charge on any atom is -0.379 e. The lowest BCUT2D eigenvalue weighted by molar-refractivity contribution is 0.312. The fourth-order valence-electron chi connectivity index (χ4n) is 1.20. The lowest BCUT2D eigenvalue weighted by Gasteiger charge is -1.91. The van der Waals surface area contributed by atoms with Gasteiger partial charge in [-0.05, 0) is 12.1 Å². The summed E-state index contributed by atoms with van der Waals surface area (Å²) in [6, 6.07) is 8.14. The van der Waals surface area contributed by atoms with Gasteiger partial charge < -0.3 is 15.6 Å². The van der Waals surface area contributed by atoms with Crippen LogP contribution in [0.3, 0.4) is 0 Å². The number of nitrogens with two attached hydrogens (primary N) is 1. The number of hydrogen-bond donors (Lipinski definition) is 2. The molecule has 0 spiro atoms. The first-order valence-corrected chi connectivity index (χ1v) is 4.81. The third-order valence-electron chi connectivity index (χ3n) is 1.83. The summed E-state index contributed by atoms with van der Waals surface area (Å²) in [6.07, 6.45) is 0. The quantitative estimate of drug-likeness (QED) is 0.401. The van der Waals surface area contributed by atoms with Crippen LogP contribution in [0.2, 0.25) is 0 Å². The fourth-order valence-corrected chi connectivity index (χ4v) is 2.14. The number of fused-ring (bicyclic) bond motifs is 1. The van der Waals surface area contributed by atoms with Gasteiger partial charge in [0.25, 0.3) is 0 Å². The predicted octanol–water partition coefficient (Wildman–Crippen LogP) is 1.16. The molecule has 0 radical (unpaired) electrons. The molecule has 6 nitrogen and oxygen atoms in total. The molecule has 0 amide bonds. The minimum absolute atomic E-state index is 0.844. The highest BCUT2D eigenvalue weighted by Crippen LogP contribution is 2.14. The zero-order valence-electron chi connectivity index (χ0n) is 7.99. The molecule has 0 atom stereocenters. The zero-order chi connectivity index (χ0) is 11.3. The Morgan fingerprint density at radius 3 is 2.60 bits per heavy atom. The van der Waals surface area contributed by atoms with Crippen LogP contribution in [0.5, 0.6) is 0 Å². The van der Waals surface area contributed by atoms with E-state index in [-0.39, 0.29) is 0 Å². The second-order valence-corrected chi connectivity index (χ2v) is 3.63. The van der Waals surface area contributed by atoms with Gasteiger partial charge in [0.15, 0.2) is 5.34 Å². The van der Waals surface area contributed by atoms with E-state index in [0.717, 1.165) is 4.80 Å². The molecule has 0 saturated carbocycles. The van der Waals surface area contributed by atoms with E-state index in [1.165, 1.54) is 15.6 Å². The van der Waals surface area contributed by atoms with Crippen LogP contribution in [0, 0.1) is 4.91 Å². The molecule has 0 aliphatic carbocycles. The molecule has 2 aromatic rings. The molecule has 1 aromatic carbocycles. The Morgan fingerprint density at radius 2 is 2.07 bits per heavy atom. The van der Waals surface area contributed by atoms with Crippen LogP contribution in [0.4, 0.5) is 0 Å². The highest BCUT2D eigenvalue weighted by atomic mass is 32.1. The van der Waals surface area contributed by atoms with Gasteiger partial charge in [0.05, 0.1) is 10.2 Å². The molecular formula is C8H10N4O2S. The van der Waals surface area contributed by atoms with E-state index in [1.807, 2.05) is 23.7 Å². The number of thiazole rings is 1. The van der Waals surface area contributed by atoms with Crippen LogP contribution in [0.15, 0.2) is 34.7 Å². The number of rotatable bonds is 0. The summed E-state index contributed by atoms with van der Waals surface area (Å²) in [5.41, 5.74) is 1.17. The van der Waals surface area contributed by atoms with Gasteiger partial charge in [-0.25, -0.2) is 0 Å². The van der Waals surface area contributed by atoms with E-state index < -0.39 is 0 Å². The first-order valence-electron chi connectivity index (χ1n) is 3.99. The van der Waals surface area contributed by atoms with E-state index in [9.17, 15) is 0 Å². The summed E-state index contributed by atoms with van der Waals surface area (Å²) in [5.74, 6) is 5.23. The van der Waals surface area contributed by atoms with Gasteiger partial charge in [-0.2, -0.15) is 5.10 Å². The molecule has 2 rings (SSSR count). The second-order valence-electron chi connectivity index (χ2n) is 2.62. The molecule has 0 aliphatic rings. The van der Waals surface area contributed by atoms with Crippen molar-refractivity contribution in [2.75, 3.05) is 0 Å². The molecule has 15 heavy (non-hydrogen) atoms. The average molecular weight is 226 g/mol. The van der Waals surface area contributed by atoms with Gasteiger partial charge in [-0.3, -0.25) is 0 Å². The molecule has 7 heteroatoms. The number of nitrogens with zero attached hydrogens (tertiary/aromatic N) is 3. The van der Waals surface area contributed by atoms with Crippen molar-refractivity contribution in [2.24, 2.45) is 23.3 Å². The second kappa shape index (κ2) is 5.11. The Balaban J connectivity index is 0.000000337. The van der Waals surface area contributed by atoms with Gasteiger partial charge >= 0.3 is 0 Å². The Labute approximate surface area is 89.2 Å². The molecular weight excluding hydrogens is 216 g/mol. The Bertz CT molecular complexity index is 517. The van der Waals surface area contributed by atoms with Crippen LogP contribution >= 0.6 is 11.3 Å². The average Bonchev–Trinajstić information content (AvgIpc) is 2.57. The normalized spacial score (nSPS) is 10.9. The Morgan fingerprint density at radius 1 is 1.47 bits per heavy atom. The largest absolute Gasteiger partial charge is 0.379 e. The minimum atomic E-state index is 0.844. The molecule has 80 valence electrons. The van der Waals surface area contributed by atoms with E-state index >= 15 is 0 Å². The maximum absolute atomic E-state index is 8.11. The van der Waals surface area contributed by atoms with E-state index in [4.69, 9.17) is 16.0 Å². The van der Waals surface area contributed by atoms with Gasteiger partial charge in [0.1, 0.15) is 0 Å². The van der Waals surface area contributed by atoms with Crippen molar-refractivity contribution in [3.63, 3.8) is 0 Å². The number of para-hydroxylation sites is 1. The van der Waals surface area contributed by atoms with Crippen molar-refractivity contribution in [1.82, 2.24) is 4.57 Å². The molecule has 1 aromatic heterocycles. The molecule has 0 saturated heterocycles. The van der Waals surface area contributed by atoms with Crippen molar-refractivity contribution in [3.8, 4) is 0 Å². The first kappa shape index (κ1) is 11.2. The topological polar surface area (TPSA) is 93.0 Å². The smallest absolute Gasteiger partial charge is 0.208 e. The summed E-state index contributed by atoms with van der Waals surface area (Å²) >= 11 is 1.60. The summed E-state index contributed by atoms with van der Waals surface area (Å²) in [4.78, 5) is 8.95. The van der Waals surface area contributed by atoms with Crippen LogP contribution in [0.1, 0.15) is 0 Å².